The molecule has 3 aliphatic heterocycles. The van der Waals surface area contributed by atoms with Gasteiger partial charge in [-0.1, -0.05) is 0 Å². The highest BCUT2D eigenvalue weighted by atomic mass is 16.7. The van der Waals surface area contributed by atoms with Crippen LogP contribution in [0.4, 0.5) is 0 Å². The van der Waals surface area contributed by atoms with E-state index in [0.29, 0.717) is 17.6 Å². The fraction of sp³-hybridized carbons (Fsp3) is 0.875. The van der Waals surface area contributed by atoms with Crippen molar-refractivity contribution in [3.63, 3.8) is 0 Å². The molecule has 0 spiro atoms. The lowest BCUT2D eigenvalue weighted by Gasteiger charge is -2.40. The van der Waals surface area contributed by atoms with Gasteiger partial charge in [-0.3, -0.25) is 4.79 Å². The predicted octanol–water partition coefficient (Wildman–Crippen LogP) is 0.337. The molecule has 0 aromatic heterocycles. The van der Waals surface area contributed by atoms with E-state index < -0.39 is 0 Å². The van der Waals surface area contributed by atoms with E-state index in [4.69, 9.17) is 9.47 Å². The van der Waals surface area contributed by atoms with Crippen molar-refractivity contribution in [1.29, 1.82) is 0 Å². The first kappa shape index (κ1) is 6.14. The number of ether oxygens (including phenoxy) is 2. The molecule has 4 atom stereocenters. The molecule has 4 fully saturated rings. The fourth-order valence-corrected chi connectivity index (χ4v) is 2.46. The summed E-state index contributed by atoms with van der Waals surface area (Å²) < 4.78 is 10.7. The highest BCUT2D eigenvalue weighted by Gasteiger charge is 2.52. The monoisotopic (exact) mass is 154 g/mol. The van der Waals surface area contributed by atoms with Crippen molar-refractivity contribution in [2.45, 2.75) is 25.2 Å². The summed E-state index contributed by atoms with van der Waals surface area (Å²) in [6, 6.07) is 0. The van der Waals surface area contributed by atoms with Crippen LogP contribution >= 0.6 is 0 Å². The Morgan fingerprint density at radius 2 is 2.36 bits per heavy atom. The molecular formula is C8H10O3. The van der Waals surface area contributed by atoms with Gasteiger partial charge in [0.2, 0.25) is 0 Å². The highest BCUT2D eigenvalue weighted by molar-refractivity contribution is 5.86. The third kappa shape index (κ3) is 0.676. The summed E-state index contributed by atoms with van der Waals surface area (Å²) in [6.07, 6.45) is 1.50. The van der Waals surface area contributed by atoms with E-state index in [1.807, 2.05) is 0 Å². The Morgan fingerprint density at radius 1 is 1.45 bits per heavy atom. The quantitative estimate of drug-likeness (QED) is 0.504. The number of hydrogen-bond acceptors (Lipinski definition) is 3. The molecule has 0 aromatic carbocycles. The summed E-state index contributed by atoms with van der Waals surface area (Å²) in [4.78, 5) is 11.3. The Morgan fingerprint density at radius 3 is 3.00 bits per heavy atom. The maximum atomic E-state index is 11.3. The van der Waals surface area contributed by atoms with Gasteiger partial charge in [-0.05, 0) is 5.92 Å². The Labute approximate surface area is 64.7 Å². The van der Waals surface area contributed by atoms with Crippen LogP contribution in [0, 0.1) is 11.8 Å². The van der Waals surface area contributed by atoms with Crippen molar-refractivity contribution < 1.29 is 14.3 Å². The first-order chi connectivity index (χ1) is 5.34. The average molecular weight is 154 g/mol. The molecule has 4 rings (SSSR count). The molecule has 60 valence electrons. The normalized spacial score (nSPS) is 53.6. The molecular weight excluding hydrogens is 144 g/mol. The number of ketones is 1. The van der Waals surface area contributed by atoms with Crippen molar-refractivity contribution in [3.05, 3.63) is 0 Å². The lowest BCUT2D eigenvalue weighted by Crippen LogP contribution is -2.47. The minimum atomic E-state index is -0.104. The van der Waals surface area contributed by atoms with Gasteiger partial charge in [0, 0.05) is 18.8 Å². The van der Waals surface area contributed by atoms with Crippen LogP contribution in [-0.4, -0.2) is 24.8 Å². The van der Waals surface area contributed by atoms with Gasteiger partial charge in [-0.15, -0.1) is 0 Å². The molecule has 3 nitrogen and oxygen atoms in total. The second-order valence-corrected chi connectivity index (χ2v) is 3.65. The van der Waals surface area contributed by atoms with Crippen LogP contribution in [-0.2, 0) is 14.3 Å². The van der Waals surface area contributed by atoms with Gasteiger partial charge in [-0.25, -0.2) is 0 Å². The Bertz CT molecular complexity index is 213. The van der Waals surface area contributed by atoms with Crippen molar-refractivity contribution >= 4 is 5.78 Å². The second-order valence-electron chi connectivity index (χ2n) is 3.65. The van der Waals surface area contributed by atoms with Crippen LogP contribution in [0.3, 0.4) is 0 Å². The topological polar surface area (TPSA) is 35.5 Å². The smallest absolute Gasteiger partial charge is 0.162 e. The number of hydrogen-bond donors (Lipinski definition) is 0. The molecule has 0 radical (unpaired) electrons. The minimum Gasteiger partial charge on any atom is -0.352 e. The summed E-state index contributed by atoms with van der Waals surface area (Å²) in [5.41, 5.74) is 0. The van der Waals surface area contributed by atoms with Crippen LogP contribution in [0.25, 0.3) is 0 Å². The molecule has 4 unspecified atom stereocenters. The van der Waals surface area contributed by atoms with Crippen molar-refractivity contribution in [2.24, 2.45) is 11.8 Å². The van der Waals surface area contributed by atoms with E-state index in [2.05, 4.69) is 0 Å². The van der Waals surface area contributed by atoms with Gasteiger partial charge < -0.3 is 9.47 Å². The lowest BCUT2D eigenvalue weighted by molar-refractivity contribution is -0.265. The molecule has 0 aromatic rings. The summed E-state index contributed by atoms with van der Waals surface area (Å²) in [6.45, 7) is 0.742. The summed E-state index contributed by atoms with van der Waals surface area (Å²) in [5, 5.41) is 0. The largest absolute Gasteiger partial charge is 0.352 e. The minimum absolute atomic E-state index is 0.0681. The Kier molecular flexibility index (Phi) is 1.03. The van der Waals surface area contributed by atoms with Gasteiger partial charge in [0.15, 0.2) is 12.1 Å². The summed E-state index contributed by atoms with van der Waals surface area (Å²) >= 11 is 0. The second kappa shape index (κ2) is 1.84. The van der Waals surface area contributed by atoms with Gasteiger partial charge >= 0.3 is 0 Å². The summed E-state index contributed by atoms with van der Waals surface area (Å²) in [5.74, 6) is 1.25. The van der Waals surface area contributed by atoms with Gasteiger partial charge in [0.05, 0.1) is 6.61 Å². The fourth-order valence-electron chi connectivity index (χ4n) is 2.46. The molecule has 11 heavy (non-hydrogen) atoms. The third-order valence-electron chi connectivity index (χ3n) is 3.04. The van der Waals surface area contributed by atoms with Gasteiger partial charge in [-0.2, -0.15) is 0 Å². The molecule has 4 aliphatic rings. The van der Waals surface area contributed by atoms with E-state index in [0.717, 1.165) is 19.4 Å². The Hall–Kier alpha value is -0.410. The van der Waals surface area contributed by atoms with Crippen molar-refractivity contribution in [1.82, 2.24) is 0 Å². The standard InChI is InChI=1S/C8H10O3/c9-6-1-4-2-7-10-3-5(4)8(6)11-7/h4-5,7-8H,1-3H2. The Balaban J connectivity index is 1.99. The highest BCUT2D eigenvalue weighted by Crippen LogP contribution is 2.44. The summed E-state index contributed by atoms with van der Waals surface area (Å²) in [7, 11) is 0. The van der Waals surface area contributed by atoms with E-state index >= 15 is 0 Å². The van der Waals surface area contributed by atoms with Crippen molar-refractivity contribution in [3.8, 4) is 0 Å². The zero-order valence-corrected chi connectivity index (χ0v) is 6.16. The van der Waals surface area contributed by atoms with Crippen LogP contribution in [0.15, 0.2) is 0 Å². The van der Waals surface area contributed by atoms with E-state index in [1.54, 1.807) is 0 Å². The van der Waals surface area contributed by atoms with E-state index in [-0.39, 0.29) is 12.4 Å². The van der Waals surface area contributed by atoms with Crippen LogP contribution in [0.2, 0.25) is 0 Å². The lowest BCUT2D eigenvalue weighted by atomic mass is 9.88. The zero-order valence-electron chi connectivity index (χ0n) is 6.16. The SMILES string of the molecule is O=C1CC2CC3OCC2C1O3. The number of carbonyl (C=O) groups is 1. The molecule has 3 heteroatoms. The molecule has 1 aliphatic carbocycles. The van der Waals surface area contributed by atoms with Gasteiger partial charge in [0.1, 0.15) is 6.10 Å². The number of Topliss-reactive ketones (excluding diaryl/α,β-unsaturated/α-hetero) is 1. The zero-order chi connectivity index (χ0) is 7.42. The first-order valence-electron chi connectivity index (χ1n) is 4.14. The number of rotatable bonds is 0. The van der Waals surface area contributed by atoms with Crippen molar-refractivity contribution in [2.75, 3.05) is 6.61 Å². The van der Waals surface area contributed by atoms with Gasteiger partial charge in [0.25, 0.3) is 0 Å². The van der Waals surface area contributed by atoms with E-state index in [9.17, 15) is 4.79 Å². The third-order valence-corrected chi connectivity index (χ3v) is 3.04. The maximum Gasteiger partial charge on any atom is 0.162 e. The molecule has 1 saturated carbocycles. The van der Waals surface area contributed by atoms with Crippen LogP contribution in [0.1, 0.15) is 12.8 Å². The molecule has 0 N–H and O–H groups in total. The number of carbonyl (C=O) groups excluding carboxylic acids is 1. The number of fused-ring (bicyclic) bond motifs is 1. The first-order valence-corrected chi connectivity index (χ1v) is 4.14. The van der Waals surface area contributed by atoms with Crippen LogP contribution < -0.4 is 0 Å². The molecule has 3 heterocycles. The van der Waals surface area contributed by atoms with E-state index in [1.165, 1.54) is 0 Å². The van der Waals surface area contributed by atoms with Crippen LogP contribution in [0.5, 0.6) is 0 Å². The predicted molar refractivity (Wildman–Crippen MR) is 35.8 cm³/mol. The molecule has 4 bridgehead atoms. The average Bonchev–Trinajstić information content (AvgIpc) is 2.25. The maximum absolute atomic E-state index is 11.3. The molecule has 3 saturated heterocycles. The molecule has 0 amide bonds.